The number of esters is 1. The lowest BCUT2D eigenvalue weighted by atomic mass is 10.0. The summed E-state index contributed by atoms with van der Waals surface area (Å²) in [4.78, 5) is 27.1. The number of methoxy groups -OCH3 is 1. The Morgan fingerprint density at radius 1 is 1.25 bits per heavy atom. The van der Waals surface area contributed by atoms with Crippen LogP contribution in [0, 0.1) is 0 Å². The van der Waals surface area contributed by atoms with Gasteiger partial charge in [0.05, 0.1) is 18.8 Å². The Morgan fingerprint density at radius 2 is 1.96 bits per heavy atom. The number of rotatable bonds is 8. The Bertz CT molecular complexity index is 802. The number of amides is 1. The van der Waals surface area contributed by atoms with Crippen LogP contribution < -0.4 is 5.32 Å². The summed E-state index contributed by atoms with van der Waals surface area (Å²) in [5, 5.41) is 22.9. The SMILES string of the molecule is COC(=O)c1cnc(Cl)c(C(O)C(O)CCNC(=O)OCc2ccccc2)c1. The van der Waals surface area contributed by atoms with Crippen molar-refractivity contribution in [2.24, 2.45) is 0 Å². The molecule has 9 heteroatoms. The van der Waals surface area contributed by atoms with E-state index in [2.05, 4.69) is 15.0 Å². The second-order valence-electron chi connectivity index (χ2n) is 5.88. The number of nitrogens with one attached hydrogen (secondary N) is 1. The van der Waals surface area contributed by atoms with Gasteiger partial charge in [-0.25, -0.2) is 14.6 Å². The number of aliphatic hydroxyl groups is 2. The van der Waals surface area contributed by atoms with E-state index in [-0.39, 0.29) is 35.9 Å². The van der Waals surface area contributed by atoms with Crippen molar-refractivity contribution < 1.29 is 29.3 Å². The fraction of sp³-hybridized carbons (Fsp3) is 0.316. The monoisotopic (exact) mass is 408 g/mol. The van der Waals surface area contributed by atoms with E-state index in [4.69, 9.17) is 16.3 Å². The molecule has 0 aliphatic heterocycles. The van der Waals surface area contributed by atoms with Gasteiger partial charge in [-0.3, -0.25) is 0 Å². The molecule has 1 aromatic carbocycles. The van der Waals surface area contributed by atoms with Gasteiger partial charge >= 0.3 is 12.1 Å². The molecule has 0 saturated heterocycles. The van der Waals surface area contributed by atoms with Gasteiger partial charge in [0.2, 0.25) is 0 Å². The van der Waals surface area contributed by atoms with E-state index in [1.54, 1.807) is 0 Å². The van der Waals surface area contributed by atoms with Crippen LogP contribution in [-0.2, 0) is 16.1 Å². The fourth-order valence-corrected chi connectivity index (χ4v) is 2.58. The summed E-state index contributed by atoms with van der Waals surface area (Å²) in [7, 11) is 1.21. The first-order valence-electron chi connectivity index (χ1n) is 8.46. The Hall–Kier alpha value is -2.68. The first kappa shape index (κ1) is 21.6. The minimum atomic E-state index is -1.40. The Balaban J connectivity index is 1.83. The van der Waals surface area contributed by atoms with Crippen LogP contribution in [0.4, 0.5) is 4.79 Å². The van der Waals surface area contributed by atoms with Gasteiger partial charge in [0.25, 0.3) is 0 Å². The molecule has 1 amide bonds. The number of aromatic nitrogens is 1. The minimum Gasteiger partial charge on any atom is -0.465 e. The zero-order valence-electron chi connectivity index (χ0n) is 15.2. The number of halogens is 1. The quantitative estimate of drug-likeness (QED) is 0.452. The van der Waals surface area contributed by atoms with Gasteiger partial charge in [0.15, 0.2) is 0 Å². The minimum absolute atomic E-state index is 0.0282. The molecule has 150 valence electrons. The molecule has 28 heavy (non-hydrogen) atoms. The van der Waals surface area contributed by atoms with Crippen LogP contribution in [0.15, 0.2) is 42.6 Å². The average Bonchev–Trinajstić information content (AvgIpc) is 2.72. The third-order valence-electron chi connectivity index (χ3n) is 3.89. The first-order valence-corrected chi connectivity index (χ1v) is 8.84. The number of hydrogen-bond donors (Lipinski definition) is 3. The Morgan fingerprint density at radius 3 is 2.64 bits per heavy atom. The summed E-state index contributed by atoms with van der Waals surface area (Å²) in [6.45, 7) is 0.188. The van der Waals surface area contributed by atoms with E-state index in [1.807, 2.05) is 30.3 Å². The highest BCUT2D eigenvalue weighted by atomic mass is 35.5. The highest BCUT2D eigenvalue weighted by Gasteiger charge is 2.23. The molecule has 2 unspecified atom stereocenters. The number of ether oxygens (including phenoxy) is 2. The summed E-state index contributed by atoms with van der Waals surface area (Å²) < 4.78 is 9.64. The second kappa shape index (κ2) is 10.6. The second-order valence-corrected chi connectivity index (χ2v) is 6.24. The largest absolute Gasteiger partial charge is 0.465 e. The summed E-state index contributed by atoms with van der Waals surface area (Å²) in [6.07, 6.45) is -2.05. The Kier molecular flexibility index (Phi) is 8.19. The van der Waals surface area contributed by atoms with Crippen molar-refractivity contribution in [1.29, 1.82) is 0 Å². The molecule has 0 radical (unpaired) electrons. The lowest BCUT2D eigenvalue weighted by Gasteiger charge is -2.19. The van der Waals surface area contributed by atoms with Crippen molar-refractivity contribution in [2.45, 2.75) is 25.2 Å². The van der Waals surface area contributed by atoms with Gasteiger partial charge in [0, 0.05) is 18.3 Å². The number of carbonyl (C=O) groups excluding carboxylic acids is 2. The summed E-state index contributed by atoms with van der Waals surface area (Å²) in [6, 6.07) is 10.5. The maximum Gasteiger partial charge on any atom is 0.407 e. The topological polar surface area (TPSA) is 118 Å². The smallest absolute Gasteiger partial charge is 0.407 e. The maximum absolute atomic E-state index is 11.7. The molecular weight excluding hydrogens is 388 g/mol. The molecule has 1 aromatic heterocycles. The van der Waals surface area contributed by atoms with E-state index in [0.717, 1.165) is 5.56 Å². The van der Waals surface area contributed by atoms with E-state index in [0.29, 0.717) is 0 Å². The maximum atomic E-state index is 11.7. The molecule has 2 aromatic rings. The van der Waals surface area contributed by atoms with Gasteiger partial charge in [-0.1, -0.05) is 41.9 Å². The molecule has 1 heterocycles. The molecule has 2 atom stereocenters. The number of benzene rings is 1. The van der Waals surface area contributed by atoms with Crippen molar-refractivity contribution >= 4 is 23.7 Å². The standard InChI is InChI=1S/C19H21ClN2O6/c1-27-18(25)13-9-14(17(20)22-10-13)16(24)15(23)7-8-21-19(26)28-11-12-5-3-2-4-6-12/h2-6,9-10,15-16,23-24H,7-8,11H2,1H3,(H,21,26). The van der Waals surface area contributed by atoms with E-state index >= 15 is 0 Å². The zero-order valence-corrected chi connectivity index (χ0v) is 15.9. The van der Waals surface area contributed by atoms with Crippen molar-refractivity contribution in [2.75, 3.05) is 13.7 Å². The molecule has 2 rings (SSSR count). The van der Waals surface area contributed by atoms with Crippen LogP contribution in [0.3, 0.4) is 0 Å². The summed E-state index contributed by atoms with van der Waals surface area (Å²) >= 11 is 5.94. The summed E-state index contributed by atoms with van der Waals surface area (Å²) in [5.41, 5.74) is 1.03. The van der Waals surface area contributed by atoms with E-state index in [9.17, 15) is 19.8 Å². The Labute approximate surface area is 167 Å². The number of pyridine rings is 1. The molecule has 0 bridgehead atoms. The van der Waals surface area contributed by atoms with Gasteiger partial charge in [-0.2, -0.15) is 0 Å². The normalized spacial score (nSPS) is 12.7. The van der Waals surface area contributed by atoms with Crippen LogP contribution in [0.25, 0.3) is 0 Å². The lowest BCUT2D eigenvalue weighted by molar-refractivity contribution is 0.0134. The molecule has 0 saturated carbocycles. The number of hydrogen-bond acceptors (Lipinski definition) is 7. The molecular formula is C19H21ClN2O6. The number of carbonyl (C=O) groups is 2. The third kappa shape index (κ3) is 6.19. The number of alkyl carbamates (subject to hydrolysis) is 1. The van der Waals surface area contributed by atoms with Gasteiger partial charge in [-0.15, -0.1) is 0 Å². The van der Waals surface area contributed by atoms with Crippen LogP contribution in [0.1, 0.15) is 34.0 Å². The molecule has 0 spiro atoms. The predicted molar refractivity (Wildman–Crippen MR) is 101 cm³/mol. The molecule has 0 fully saturated rings. The van der Waals surface area contributed by atoms with Gasteiger partial charge < -0.3 is 25.0 Å². The lowest BCUT2D eigenvalue weighted by Crippen LogP contribution is -2.30. The highest BCUT2D eigenvalue weighted by Crippen LogP contribution is 2.26. The van der Waals surface area contributed by atoms with Crippen LogP contribution in [0.5, 0.6) is 0 Å². The molecule has 0 aliphatic carbocycles. The van der Waals surface area contributed by atoms with Crippen molar-refractivity contribution in [1.82, 2.24) is 10.3 Å². The number of nitrogens with zero attached hydrogens (tertiary/aromatic N) is 1. The van der Waals surface area contributed by atoms with Gasteiger partial charge in [-0.05, 0) is 18.1 Å². The third-order valence-corrected chi connectivity index (χ3v) is 4.21. The van der Waals surface area contributed by atoms with E-state index in [1.165, 1.54) is 19.4 Å². The molecule has 0 aliphatic rings. The van der Waals surface area contributed by atoms with Crippen molar-refractivity contribution in [3.8, 4) is 0 Å². The van der Waals surface area contributed by atoms with Crippen LogP contribution in [-0.4, -0.2) is 47.0 Å². The van der Waals surface area contributed by atoms with Crippen molar-refractivity contribution in [3.05, 3.63) is 64.4 Å². The molecule has 8 nitrogen and oxygen atoms in total. The van der Waals surface area contributed by atoms with E-state index < -0.39 is 24.3 Å². The fourth-order valence-electron chi connectivity index (χ4n) is 2.36. The van der Waals surface area contributed by atoms with Crippen LogP contribution in [0.2, 0.25) is 5.15 Å². The predicted octanol–water partition coefficient (Wildman–Crippen LogP) is 2.23. The summed E-state index contributed by atoms with van der Waals surface area (Å²) in [5.74, 6) is -0.644. The highest BCUT2D eigenvalue weighted by molar-refractivity contribution is 6.30. The number of aliphatic hydroxyl groups excluding tert-OH is 2. The average molecular weight is 409 g/mol. The van der Waals surface area contributed by atoms with Crippen molar-refractivity contribution in [3.63, 3.8) is 0 Å². The van der Waals surface area contributed by atoms with Gasteiger partial charge in [0.1, 0.15) is 17.9 Å². The zero-order chi connectivity index (χ0) is 20.5. The van der Waals surface area contributed by atoms with Crippen LogP contribution >= 0.6 is 11.6 Å². The molecule has 3 N–H and O–H groups in total. The first-order chi connectivity index (χ1) is 13.4.